The first-order valence-corrected chi connectivity index (χ1v) is 15.2. The standard InChI is InChI=1S/C23H29NO3.C11H25NO2/c1-24-13-11-23(12-14-24,20-6-3-2-4-7-20)21-18-19(8-9-22(21)26)10-17-27-16-5-15-25;1-5-6-7-8-9-12(2)10-11(13-3)14-4/h2-4,6-9,15,18,26H,5,10-14,16-17H2,1H3;11H,5-10H2,1-4H3. The number of benzene rings is 2. The highest BCUT2D eigenvalue weighted by Crippen LogP contribution is 2.45. The Balaban J connectivity index is 0.000000357. The summed E-state index contributed by atoms with van der Waals surface area (Å²) in [7, 11) is 7.62. The highest BCUT2D eigenvalue weighted by molar-refractivity contribution is 5.49. The molecule has 0 aliphatic carbocycles. The van der Waals surface area contributed by atoms with Crippen molar-refractivity contribution in [1.82, 2.24) is 9.80 Å². The average molecular weight is 571 g/mol. The molecule has 1 saturated heterocycles. The first-order chi connectivity index (χ1) is 19.9. The van der Waals surface area contributed by atoms with Crippen molar-refractivity contribution in [2.75, 3.05) is 67.7 Å². The van der Waals surface area contributed by atoms with Gasteiger partial charge < -0.3 is 33.9 Å². The van der Waals surface area contributed by atoms with Crippen LogP contribution in [-0.2, 0) is 30.8 Å². The molecule has 0 amide bonds. The van der Waals surface area contributed by atoms with Crippen LogP contribution in [0.5, 0.6) is 5.75 Å². The first-order valence-electron chi connectivity index (χ1n) is 15.2. The molecule has 0 bridgehead atoms. The van der Waals surface area contributed by atoms with Crippen LogP contribution in [0.25, 0.3) is 0 Å². The molecule has 1 heterocycles. The molecule has 7 nitrogen and oxygen atoms in total. The van der Waals surface area contributed by atoms with Gasteiger partial charge in [-0.05, 0) is 76.6 Å². The Morgan fingerprint density at radius 2 is 1.73 bits per heavy atom. The third-order valence-corrected chi connectivity index (χ3v) is 8.04. The minimum atomic E-state index is -0.160. The van der Waals surface area contributed by atoms with Gasteiger partial charge in [0.1, 0.15) is 12.0 Å². The summed E-state index contributed by atoms with van der Waals surface area (Å²) in [6, 6.07) is 16.5. The van der Waals surface area contributed by atoms with Gasteiger partial charge in [-0.3, -0.25) is 0 Å². The Morgan fingerprint density at radius 3 is 2.37 bits per heavy atom. The van der Waals surface area contributed by atoms with Crippen molar-refractivity contribution in [3.05, 3.63) is 65.2 Å². The van der Waals surface area contributed by atoms with E-state index < -0.39 is 0 Å². The van der Waals surface area contributed by atoms with Crippen LogP contribution < -0.4 is 0 Å². The topological polar surface area (TPSA) is 71.5 Å². The Hall–Kier alpha value is -2.29. The van der Waals surface area contributed by atoms with E-state index >= 15 is 0 Å². The van der Waals surface area contributed by atoms with E-state index in [1.54, 1.807) is 14.2 Å². The number of nitrogens with zero attached hydrogens (tertiary/aromatic N) is 2. The van der Waals surface area contributed by atoms with Crippen LogP contribution in [0.15, 0.2) is 48.5 Å². The zero-order valence-electron chi connectivity index (χ0n) is 26.1. The van der Waals surface area contributed by atoms with Crippen LogP contribution in [0.3, 0.4) is 0 Å². The van der Waals surface area contributed by atoms with Crippen molar-refractivity contribution >= 4 is 6.29 Å². The maximum Gasteiger partial charge on any atom is 0.169 e. The minimum Gasteiger partial charge on any atom is -0.508 e. The molecular formula is C34H54N2O5. The van der Waals surface area contributed by atoms with Crippen molar-refractivity contribution in [2.24, 2.45) is 0 Å². The Bertz CT molecular complexity index is 959. The molecule has 0 saturated carbocycles. The fourth-order valence-electron chi connectivity index (χ4n) is 5.42. The third kappa shape index (κ3) is 11.8. The summed E-state index contributed by atoms with van der Waals surface area (Å²) in [5, 5.41) is 10.7. The number of aromatic hydroxyl groups is 1. The quantitative estimate of drug-likeness (QED) is 0.149. The minimum absolute atomic E-state index is 0.0915. The van der Waals surface area contributed by atoms with E-state index in [0.29, 0.717) is 25.4 Å². The van der Waals surface area contributed by atoms with Gasteiger partial charge in [0.25, 0.3) is 0 Å². The molecule has 1 fully saturated rings. The van der Waals surface area contributed by atoms with E-state index in [-0.39, 0.29) is 11.7 Å². The maximum atomic E-state index is 10.7. The van der Waals surface area contributed by atoms with Crippen molar-refractivity contribution in [1.29, 1.82) is 0 Å². The van der Waals surface area contributed by atoms with E-state index in [1.165, 1.54) is 31.2 Å². The number of likely N-dealkylation sites (tertiary alicyclic amines) is 1. The molecule has 2 aromatic rings. The summed E-state index contributed by atoms with van der Waals surface area (Å²) in [5.74, 6) is 0.369. The van der Waals surface area contributed by atoms with Crippen molar-refractivity contribution < 1.29 is 24.1 Å². The van der Waals surface area contributed by atoms with Crippen LogP contribution in [0.1, 0.15) is 68.6 Å². The Labute approximate surface area is 248 Å². The fraction of sp³-hybridized carbons (Fsp3) is 0.618. The molecule has 0 spiro atoms. The van der Waals surface area contributed by atoms with Crippen molar-refractivity contribution in [3.63, 3.8) is 0 Å². The number of unbranched alkanes of at least 4 members (excludes halogenated alkanes) is 3. The molecule has 7 heteroatoms. The van der Waals surface area contributed by atoms with Gasteiger partial charge >= 0.3 is 0 Å². The summed E-state index contributed by atoms with van der Waals surface area (Å²) < 4.78 is 15.8. The lowest BCUT2D eigenvalue weighted by Gasteiger charge is -2.42. The molecule has 0 aromatic heterocycles. The molecular weight excluding hydrogens is 516 g/mol. The molecule has 2 aromatic carbocycles. The van der Waals surface area contributed by atoms with Crippen LogP contribution >= 0.6 is 0 Å². The number of phenols is 1. The van der Waals surface area contributed by atoms with Gasteiger partial charge in [0.15, 0.2) is 6.29 Å². The highest BCUT2D eigenvalue weighted by atomic mass is 16.7. The Kier molecular flexibility index (Phi) is 16.8. The van der Waals surface area contributed by atoms with Gasteiger partial charge in [0.2, 0.25) is 0 Å². The highest BCUT2D eigenvalue weighted by Gasteiger charge is 2.39. The number of methoxy groups -OCH3 is 2. The number of phenolic OH excluding ortho intramolecular Hbond substituents is 1. The molecule has 1 aliphatic rings. The lowest BCUT2D eigenvalue weighted by atomic mass is 9.67. The van der Waals surface area contributed by atoms with Gasteiger partial charge in [0, 0.05) is 38.2 Å². The maximum absolute atomic E-state index is 10.7. The van der Waals surface area contributed by atoms with Crippen LogP contribution in [0, 0.1) is 0 Å². The van der Waals surface area contributed by atoms with Gasteiger partial charge in [-0.1, -0.05) is 68.7 Å². The fourth-order valence-corrected chi connectivity index (χ4v) is 5.42. The first kappa shape index (κ1) is 34.9. The molecule has 230 valence electrons. The molecule has 0 atom stereocenters. The van der Waals surface area contributed by atoms with Crippen LogP contribution in [-0.4, -0.2) is 95.2 Å². The molecule has 0 unspecified atom stereocenters. The van der Waals surface area contributed by atoms with E-state index in [1.807, 2.05) is 18.2 Å². The summed E-state index contributed by atoms with van der Waals surface area (Å²) in [6.45, 7) is 7.27. The molecule has 1 N–H and O–H groups in total. The number of rotatable bonds is 17. The van der Waals surface area contributed by atoms with E-state index in [2.05, 4.69) is 61.2 Å². The number of likely N-dealkylation sites (N-methyl/N-ethyl adjacent to an activating group) is 1. The number of hydrogen-bond donors (Lipinski definition) is 1. The number of aldehydes is 1. The predicted octanol–water partition coefficient (Wildman–Crippen LogP) is 5.67. The van der Waals surface area contributed by atoms with E-state index in [4.69, 9.17) is 14.2 Å². The summed E-state index contributed by atoms with van der Waals surface area (Å²) >= 11 is 0. The summed E-state index contributed by atoms with van der Waals surface area (Å²) in [5.41, 5.74) is 3.29. The van der Waals surface area contributed by atoms with Gasteiger partial charge in [-0.2, -0.15) is 0 Å². The van der Waals surface area contributed by atoms with Crippen molar-refractivity contribution in [2.45, 2.75) is 70.0 Å². The predicted molar refractivity (Wildman–Crippen MR) is 167 cm³/mol. The number of piperidine rings is 1. The number of carbonyl (C=O) groups excluding carboxylic acids is 1. The largest absolute Gasteiger partial charge is 0.508 e. The second-order valence-electron chi connectivity index (χ2n) is 11.1. The number of hydrogen-bond acceptors (Lipinski definition) is 7. The van der Waals surface area contributed by atoms with Crippen LogP contribution in [0.2, 0.25) is 0 Å². The number of ether oxygens (including phenoxy) is 3. The second kappa shape index (κ2) is 19.8. The van der Waals surface area contributed by atoms with E-state index in [0.717, 1.165) is 62.9 Å². The molecule has 41 heavy (non-hydrogen) atoms. The van der Waals surface area contributed by atoms with Crippen LogP contribution in [0.4, 0.5) is 0 Å². The smallest absolute Gasteiger partial charge is 0.169 e. The molecule has 3 rings (SSSR count). The summed E-state index contributed by atoms with van der Waals surface area (Å²) in [6.07, 6.45) is 9.20. The van der Waals surface area contributed by atoms with Gasteiger partial charge in [-0.25, -0.2) is 0 Å². The van der Waals surface area contributed by atoms with E-state index in [9.17, 15) is 9.90 Å². The normalized spacial score (nSPS) is 15.1. The van der Waals surface area contributed by atoms with Crippen molar-refractivity contribution in [3.8, 4) is 5.75 Å². The zero-order chi connectivity index (χ0) is 29.9. The van der Waals surface area contributed by atoms with Gasteiger partial charge in [0.05, 0.1) is 13.2 Å². The molecule has 1 aliphatic heterocycles. The zero-order valence-corrected chi connectivity index (χ0v) is 26.1. The monoisotopic (exact) mass is 570 g/mol. The second-order valence-corrected chi connectivity index (χ2v) is 11.1. The lowest BCUT2D eigenvalue weighted by molar-refractivity contribution is -0.113. The Morgan fingerprint density at radius 1 is 1.02 bits per heavy atom. The SMILES string of the molecule is CCCCCCN(C)CC(OC)OC.CN1CCC(c2ccccc2)(c2cc(CCOCCC=O)ccc2O)CC1. The molecule has 0 radical (unpaired) electrons. The average Bonchev–Trinajstić information content (AvgIpc) is 3.00. The van der Waals surface area contributed by atoms with Gasteiger partial charge in [-0.15, -0.1) is 0 Å². The summed E-state index contributed by atoms with van der Waals surface area (Å²) in [4.78, 5) is 15.0. The lowest BCUT2D eigenvalue weighted by Crippen LogP contribution is -2.41. The number of carbonyl (C=O) groups is 1. The third-order valence-electron chi connectivity index (χ3n) is 8.04.